The lowest BCUT2D eigenvalue weighted by Gasteiger charge is -2.08. The summed E-state index contributed by atoms with van der Waals surface area (Å²) >= 11 is 12.9. The quantitative estimate of drug-likeness (QED) is 0.649. The van der Waals surface area contributed by atoms with Crippen LogP contribution in [0.25, 0.3) is 0 Å². The lowest BCUT2D eigenvalue weighted by atomic mass is 10.3. The van der Waals surface area contributed by atoms with Crippen molar-refractivity contribution in [3.8, 4) is 11.6 Å². The highest BCUT2D eigenvalue weighted by molar-refractivity contribution is 9.10. The van der Waals surface area contributed by atoms with E-state index >= 15 is 0 Å². The predicted molar refractivity (Wildman–Crippen MR) is 80.9 cm³/mol. The first-order valence-electron chi connectivity index (χ1n) is 5.79. The summed E-state index contributed by atoms with van der Waals surface area (Å²) in [5.41, 5.74) is 0. The fraction of sp³-hybridized carbons (Fsp3) is 0.231. The second-order valence-electron chi connectivity index (χ2n) is 4.34. The van der Waals surface area contributed by atoms with Crippen molar-refractivity contribution in [1.29, 1.82) is 0 Å². The summed E-state index contributed by atoms with van der Waals surface area (Å²) in [5, 5.41) is 0.547. The fourth-order valence-corrected chi connectivity index (χ4v) is 2.53. The average molecular weight is 404 g/mol. The van der Waals surface area contributed by atoms with Gasteiger partial charge in [-0.3, -0.25) is 0 Å². The molecule has 98 valence electrons. The van der Waals surface area contributed by atoms with Crippen molar-refractivity contribution in [2.45, 2.75) is 18.8 Å². The third kappa shape index (κ3) is 3.27. The number of ether oxygens (including phenoxy) is 1. The van der Waals surface area contributed by atoms with Crippen LogP contribution >= 0.6 is 43.5 Å². The minimum Gasteiger partial charge on any atom is -0.437 e. The molecule has 0 spiro atoms. The summed E-state index contributed by atoms with van der Waals surface area (Å²) in [6, 6.07) is 7.19. The standard InChI is InChI=1S/C13H9Br2ClN2O/c14-8-3-4-9(16)10(5-8)19-12-6-11(15)17-13(18-12)7-1-2-7/h3-7H,1-2H2. The summed E-state index contributed by atoms with van der Waals surface area (Å²) in [7, 11) is 0. The first-order valence-corrected chi connectivity index (χ1v) is 7.75. The number of aromatic nitrogens is 2. The van der Waals surface area contributed by atoms with E-state index < -0.39 is 0 Å². The Balaban J connectivity index is 1.92. The molecular formula is C13H9Br2ClN2O. The summed E-state index contributed by atoms with van der Waals surface area (Å²) in [6.07, 6.45) is 2.29. The van der Waals surface area contributed by atoms with Crippen molar-refractivity contribution in [3.05, 3.63) is 44.2 Å². The highest BCUT2D eigenvalue weighted by atomic mass is 79.9. The van der Waals surface area contributed by atoms with Crippen molar-refractivity contribution in [3.63, 3.8) is 0 Å². The van der Waals surface area contributed by atoms with Gasteiger partial charge < -0.3 is 4.74 Å². The van der Waals surface area contributed by atoms with Crippen LogP contribution in [-0.4, -0.2) is 9.97 Å². The second kappa shape index (κ2) is 5.38. The zero-order valence-corrected chi connectivity index (χ0v) is 13.7. The molecule has 0 N–H and O–H groups in total. The highest BCUT2D eigenvalue weighted by Gasteiger charge is 2.27. The normalized spacial score (nSPS) is 14.5. The molecule has 1 aliphatic carbocycles. The van der Waals surface area contributed by atoms with E-state index in [1.54, 1.807) is 12.1 Å². The van der Waals surface area contributed by atoms with Crippen molar-refractivity contribution >= 4 is 43.5 Å². The first kappa shape index (κ1) is 13.3. The largest absolute Gasteiger partial charge is 0.437 e. The Labute approximate surface area is 132 Å². The summed E-state index contributed by atoms with van der Waals surface area (Å²) < 4.78 is 7.38. The molecule has 0 atom stereocenters. The number of hydrogen-bond acceptors (Lipinski definition) is 3. The fourth-order valence-electron chi connectivity index (χ4n) is 1.66. The molecule has 6 heteroatoms. The molecule has 1 aromatic carbocycles. The number of benzene rings is 1. The summed E-state index contributed by atoms with van der Waals surface area (Å²) in [4.78, 5) is 8.79. The van der Waals surface area contributed by atoms with E-state index in [1.807, 2.05) is 12.1 Å². The van der Waals surface area contributed by atoms with Gasteiger partial charge in [-0.05, 0) is 47.0 Å². The Hall–Kier alpha value is -0.650. The van der Waals surface area contributed by atoms with E-state index in [4.69, 9.17) is 16.3 Å². The Bertz CT molecular complexity index is 632. The molecule has 3 rings (SSSR count). The lowest BCUT2D eigenvalue weighted by Crippen LogP contribution is -1.96. The van der Waals surface area contributed by atoms with Crippen LogP contribution in [0.2, 0.25) is 5.02 Å². The molecular weight excluding hydrogens is 395 g/mol. The third-order valence-electron chi connectivity index (χ3n) is 2.74. The maximum atomic E-state index is 6.10. The van der Waals surface area contributed by atoms with Gasteiger partial charge >= 0.3 is 0 Å². The van der Waals surface area contributed by atoms with E-state index in [2.05, 4.69) is 41.8 Å². The molecule has 1 aromatic heterocycles. The molecule has 0 amide bonds. The summed E-state index contributed by atoms with van der Waals surface area (Å²) in [5.74, 6) is 2.38. The van der Waals surface area contributed by atoms with Gasteiger partial charge in [0.05, 0.1) is 5.02 Å². The number of nitrogens with zero attached hydrogens (tertiary/aromatic N) is 2. The van der Waals surface area contributed by atoms with Crippen LogP contribution in [-0.2, 0) is 0 Å². The van der Waals surface area contributed by atoms with Crippen molar-refractivity contribution in [2.75, 3.05) is 0 Å². The number of hydrogen-bond donors (Lipinski definition) is 0. The van der Waals surface area contributed by atoms with Gasteiger partial charge in [-0.1, -0.05) is 27.5 Å². The Morgan fingerprint density at radius 2 is 1.95 bits per heavy atom. The first-order chi connectivity index (χ1) is 9.11. The van der Waals surface area contributed by atoms with E-state index in [0.29, 0.717) is 22.6 Å². The molecule has 3 nitrogen and oxygen atoms in total. The van der Waals surface area contributed by atoms with Crippen LogP contribution in [0.4, 0.5) is 0 Å². The van der Waals surface area contributed by atoms with Crippen molar-refractivity contribution in [1.82, 2.24) is 9.97 Å². The van der Waals surface area contributed by atoms with Gasteiger partial charge in [0, 0.05) is 16.5 Å². The van der Waals surface area contributed by atoms with E-state index in [0.717, 1.165) is 27.7 Å². The van der Waals surface area contributed by atoms with Gasteiger partial charge in [0.1, 0.15) is 16.2 Å². The smallest absolute Gasteiger partial charge is 0.223 e. The Morgan fingerprint density at radius 3 is 2.68 bits per heavy atom. The number of rotatable bonds is 3. The van der Waals surface area contributed by atoms with Gasteiger partial charge in [-0.25, -0.2) is 4.98 Å². The summed E-state index contributed by atoms with van der Waals surface area (Å²) in [6.45, 7) is 0. The van der Waals surface area contributed by atoms with Gasteiger partial charge in [0.15, 0.2) is 0 Å². The molecule has 0 aliphatic heterocycles. The molecule has 1 saturated carbocycles. The Kier molecular flexibility index (Phi) is 3.78. The molecule has 0 unspecified atom stereocenters. The van der Waals surface area contributed by atoms with Gasteiger partial charge in [-0.15, -0.1) is 0 Å². The minimum absolute atomic E-state index is 0.470. The molecule has 1 aliphatic rings. The maximum Gasteiger partial charge on any atom is 0.223 e. The van der Waals surface area contributed by atoms with Crippen LogP contribution < -0.4 is 4.74 Å². The van der Waals surface area contributed by atoms with E-state index in [9.17, 15) is 0 Å². The van der Waals surface area contributed by atoms with Crippen LogP contribution in [0, 0.1) is 0 Å². The molecule has 0 bridgehead atoms. The van der Waals surface area contributed by atoms with Crippen LogP contribution in [0.5, 0.6) is 11.6 Å². The van der Waals surface area contributed by atoms with Crippen LogP contribution in [0.15, 0.2) is 33.3 Å². The predicted octanol–water partition coefficient (Wildman–Crippen LogP) is 5.32. The molecule has 1 fully saturated rings. The highest BCUT2D eigenvalue weighted by Crippen LogP contribution is 2.40. The average Bonchev–Trinajstić information content (AvgIpc) is 3.17. The van der Waals surface area contributed by atoms with Gasteiger partial charge in [0.25, 0.3) is 0 Å². The Morgan fingerprint density at radius 1 is 1.16 bits per heavy atom. The van der Waals surface area contributed by atoms with Crippen LogP contribution in [0.3, 0.4) is 0 Å². The molecule has 19 heavy (non-hydrogen) atoms. The molecule has 2 aromatic rings. The van der Waals surface area contributed by atoms with Gasteiger partial charge in [-0.2, -0.15) is 4.98 Å². The lowest BCUT2D eigenvalue weighted by molar-refractivity contribution is 0.457. The zero-order chi connectivity index (χ0) is 13.4. The molecule has 0 radical (unpaired) electrons. The zero-order valence-electron chi connectivity index (χ0n) is 9.74. The third-order valence-corrected chi connectivity index (χ3v) is 3.95. The molecule has 1 heterocycles. The minimum atomic E-state index is 0.470. The monoisotopic (exact) mass is 402 g/mol. The number of halogens is 3. The van der Waals surface area contributed by atoms with Crippen molar-refractivity contribution < 1.29 is 4.74 Å². The van der Waals surface area contributed by atoms with Crippen LogP contribution in [0.1, 0.15) is 24.6 Å². The van der Waals surface area contributed by atoms with E-state index in [1.165, 1.54) is 0 Å². The maximum absolute atomic E-state index is 6.10. The van der Waals surface area contributed by atoms with E-state index in [-0.39, 0.29) is 0 Å². The SMILES string of the molecule is Clc1ccc(Br)cc1Oc1cc(Br)nc(C2CC2)n1. The van der Waals surface area contributed by atoms with Gasteiger partial charge in [0.2, 0.25) is 5.88 Å². The topological polar surface area (TPSA) is 35.0 Å². The van der Waals surface area contributed by atoms with Crippen molar-refractivity contribution in [2.24, 2.45) is 0 Å². The second-order valence-corrected chi connectivity index (χ2v) is 6.47. The molecule has 0 saturated heterocycles.